The number of unbranched alkanes of at least 4 members (excludes halogenated alkanes) is 6. The summed E-state index contributed by atoms with van der Waals surface area (Å²) in [6.07, 6.45) is 9.81. The summed E-state index contributed by atoms with van der Waals surface area (Å²) in [5.41, 5.74) is 0. The molecule has 0 atom stereocenters. The molecule has 0 radical (unpaired) electrons. The SMILES string of the molecule is CCCCCCC(CCCCCC)OS(=O)(=O)O.[NaH]. The first kappa shape index (κ1) is 22.2. The van der Waals surface area contributed by atoms with Crippen molar-refractivity contribution in [2.45, 2.75) is 84.2 Å². The van der Waals surface area contributed by atoms with Crippen molar-refractivity contribution in [3.8, 4) is 0 Å². The van der Waals surface area contributed by atoms with Crippen LogP contribution in [0.15, 0.2) is 0 Å². The van der Waals surface area contributed by atoms with Crippen LogP contribution in [0.2, 0.25) is 0 Å². The zero-order chi connectivity index (χ0) is 13.9. The molecule has 0 heterocycles. The molecule has 0 fully saturated rings. The summed E-state index contributed by atoms with van der Waals surface area (Å²) < 4.78 is 35.0. The first-order valence-corrected chi connectivity index (χ1v) is 8.51. The van der Waals surface area contributed by atoms with Crippen LogP contribution in [0.5, 0.6) is 0 Å². The summed E-state index contributed by atoms with van der Waals surface area (Å²) in [7, 11) is -4.31. The van der Waals surface area contributed by atoms with Crippen LogP contribution in [-0.2, 0) is 14.6 Å². The second-order valence-corrected chi connectivity index (χ2v) is 5.89. The molecule has 112 valence electrons. The summed E-state index contributed by atoms with van der Waals surface area (Å²) in [6.45, 7) is 4.27. The molecule has 0 unspecified atom stereocenters. The molecule has 0 rings (SSSR count). The zero-order valence-corrected chi connectivity index (χ0v) is 12.5. The molecule has 1 N–H and O–H groups in total. The van der Waals surface area contributed by atoms with Crippen LogP contribution in [0.1, 0.15) is 78.1 Å². The van der Waals surface area contributed by atoms with E-state index in [1.165, 1.54) is 0 Å². The van der Waals surface area contributed by atoms with Crippen molar-refractivity contribution in [3.05, 3.63) is 0 Å². The third-order valence-corrected chi connectivity index (χ3v) is 3.53. The molecule has 0 aliphatic carbocycles. The van der Waals surface area contributed by atoms with Gasteiger partial charge in [-0.05, 0) is 12.8 Å². The van der Waals surface area contributed by atoms with Crippen molar-refractivity contribution in [1.29, 1.82) is 0 Å². The Morgan fingerprint density at radius 1 is 0.895 bits per heavy atom. The van der Waals surface area contributed by atoms with Gasteiger partial charge in [0, 0.05) is 0 Å². The third-order valence-electron chi connectivity index (χ3n) is 3.02. The monoisotopic (exact) mass is 304 g/mol. The molecule has 0 spiro atoms. The Hall–Kier alpha value is 0.870. The van der Waals surface area contributed by atoms with E-state index in [1.807, 2.05) is 0 Å². The fraction of sp³-hybridized carbons (Fsp3) is 1.00. The Bertz CT molecular complexity index is 268. The minimum atomic E-state index is -4.31. The van der Waals surface area contributed by atoms with E-state index >= 15 is 0 Å². The van der Waals surface area contributed by atoms with E-state index < -0.39 is 10.4 Å². The van der Waals surface area contributed by atoms with Gasteiger partial charge in [0.1, 0.15) is 0 Å². The van der Waals surface area contributed by atoms with Crippen molar-refractivity contribution in [2.24, 2.45) is 0 Å². The van der Waals surface area contributed by atoms with Crippen LogP contribution >= 0.6 is 0 Å². The Balaban J connectivity index is 0. The standard InChI is InChI=1S/C13H28O4S.Na.H/c1-3-5-7-9-11-13(17-18(14,15)16)12-10-8-6-4-2;;/h13H,3-12H2,1-2H3,(H,14,15,16);;. The van der Waals surface area contributed by atoms with E-state index in [-0.39, 0.29) is 35.7 Å². The topological polar surface area (TPSA) is 63.6 Å². The average molecular weight is 304 g/mol. The molecule has 4 nitrogen and oxygen atoms in total. The molecule has 0 aromatic rings. The summed E-state index contributed by atoms with van der Waals surface area (Å²) in [6, 6.07) is 0. The quantitative estimate of drug-likeness (QED) is 0.341. The van der Waals surface area contributed by atoms with E-state index in [9.17, 15) is 8.42 Å². The van der Waals surface area contributed by atoms with Crippen LogP contribution in [0.25, 0.3) is 0 Å². The van der Waals surface area contributed by atoms with Crippen LogP contribution in [0.4, 0.5) is 0 Å². The van der Waals surface area contributed by atoms with Crippen molar-refractivity contribution in [1.82, 2.24) is 0 Å². The molecular weight excluding hydrogens is 275 g/mol. The molecular formula is C13H29NaO4S. The van der Waals surface area contributed by atoms with Gasteiger partial charge in [-0.25, -0.2) is 4.18 Å². The Kier molecular flexibility index (Phi) is 16.1. The van der Waals surface area contributed by atoms with E-state index in [4.69, 9.17) is 8.74 Å². The predicted octanol–water partition coefficient (Wildman–Crippen LogP) is 3.47. The molecule has 0 aliphatic rings. The summed E-state index contributed by atoms with van der Waals surface area (Å²) in [4.78, 5) is 0. The van der Waals surface area contributed by atoms with Gasteiger partial charge in [0.15, 0.2) is 0 Å². The van der Waals surface area contributed by atoms with Crippen molar-refractivity contribution >= 4 is 40.0 Å². The normalized spacial score (nSPS) is 11.6. The van der Waals surface area contributed by atoms with Crippen LogP contribution in [0, 0.1) is 0 Å². The minimum absolute atomic E-state index is 0. The third kappa shape index (κ3) is 16.8. The molecule has 0 saturated carbocycles. The molecule has 0 saturated heterocycles. The van der Waals surface area contributed by atoms with Crippen LogP contribution < -0.4 is 0 Å². The Morgan fingerprint density at radius 3 is 1.63 bits per heavy atom. The van der Waals surface area contributed by atoms with E-state index in [2.05, 4.69) is 13.8 Å². The Labute approximate surface area is 140 Å². The molecule has 19 heavy (non-hydrogen) atoms. The second-order valence-electron chi connectivity index (χ2n) is 4.84. The fourth-order valence-electron chi connectivity index (χ4n) is 2.01. The van der Waals surface area contributed by atoms with Gasteiger partial charge < -0.3 is 0 Å². The summed E-state index contributed by atoms with van der Waals surface area (Å²) in [5, 5.41) is 0. The van der Waals surface area contributed by atoms with Gasteiger partial charge in [-0.3, -0.25) is 4.55 Å². The van der Waals surface area contributed by atoms with Gasteiger partial charge in [-0.15, -0.1) is 0 Å². The average Bonchev–Trinajstić information content (AvgIpc) is 2.28. The second kappa shape index (κ2) is 13.8. The van der Waals surface area contributed by atoms with Gasteiger partial charge in [0.2, 0.25) is 0 Å². The molecule has 6 heteroatoms. The zero-order valence-electron chi connectivity index (χ0n) is 11.7. The summed E-state index contributed by atoms with van der Waals surface area (Å²) >= 11 is 0. The van der Waals surface area contributed by atoms with Gasteiger partial charge in [0.25, 0.3) is 0 Å². The van der Waals surface area contributed by atoms with Gasteiger partial charge >= 0.3 is 40.0 Å². The summed E-state index contributed by atoms with van der Waals surface area (Å²) in [5.74, 6) is 0. The number of rotatable bonds is 12. The molecule has 0 aromatic heterocycles. The molecule has 0 amide bonds. The first-order chi connectivity index (χ1) is 8.49. The van der Waals surface area contributed by atoms with Crippen molar-refractivity contribution in [2.75, 3.05) is 0 Å². The maximum atomic E-state index is 10.8. The van der Waals surface area contributed by atoms with Gasteiger partial charge in [0.05, 0.1) is 6.10 Å². The molecule has 0 aromatic carbocycles. The van der Waals surface area contributed by atoms with Crippen LogP contribution in [0.3, 0.4) is 0 Å². The van der Waals surface area contributed by atoms with E-state index in [0.29, 0.717) is 12.8 Å². The van der Waals surface area contributed by atoms with Crippen molar-refractivity contribution in [3.63, 3.8) is 0 Å². The number of hydrogen-bond donors (Lipinski definition) is 1. The molecule has 0 aliphatic heterocycles. The van der Waals surface area contributed by atoms with Crippen LogP contribution in [-0.4, -0.2) is 48.6 Å². The van der Waals surface area contributed by atoms with Gasteiger partial charge in [-0.1, -0.05) is 65.2 Å². The number of hydrogen-bond acceptors (Lipinski definition) is 3. The molecule has 0 bridgehead atoms. The van der Waals surface area contributed by atoms with E-state index in [1.54, 1.807) is 0 Å². The van der Waals surface area contributed by atoms with E-state index in [0.717, 1.165) is 51.4 Å². The fourth-order valence-corrected chi connectivity index (χ4v) is 2.55. The maximum absolute atomic E-state index is 10.8. The Morgan fingerprint density at radius 2 is 1.32 bits per heavy atom. The predicted molar refractivity (Wildman–Crippen MR) is 81.1 cm³/mol. The first-order valence-electron chi connectivity index (χ1n) is 7.15. The van der Waals surface area contributed by atoms with Crippen molar-refractivity contribution < 1.29 is 17.2 Å². The van der Waals surface area contributed by atoms with Gasteiger partial charge in [-0.2, -0.15) is 8.42 Å².